The van der Waals surface area contributed by atoms with E-state index in [-0.39, 0.29) is 4.90 Å². The number of sulfonamides is 1. The molecule has 1 unspecified atom stereocenters. The van der Waals surface area contributed by atoms with Crippen LogP contribution in [0.4, 0.5) is 4.39 Å². The topological polar surface area (TPSA) is 49.4 Å². The number of likely N-dealkylation sites (tertiary alicyclic amines) is 1. The standard InChI is InChI=1S/C13H19FN2O2S/c1-10-7-12(14)3-4-13(10)19(17,18)15-8-11-5-6-16(2)9-11/h3-4,7,11,15H,5-6,8-9H2,1-2H3. The molecule has 0 bridgehead atoms. The molecule has 1 saturated heterocycles. The molecule has 0 radical (unpaired) electrons. The molecule has 1 aromatic carbocycles. The Morgan fingerprint density at radius 2 is 2.21 bits per heavy atom. The van der Waals surface area contributed by atoms with Crippen molar-refractivity contribution in [2.75, 3.05) is 26.7 Å². The van der Waals surface area contributed by atoms with Crippen LogP contribution >= 0.6 is 0 Å². The fraction of sp³-hybridized carbons (Fsp3) is 0.538. The van der Waals surface area contributed by atoms with E-state index in [1.165, 1.54) is 18.2 Å². The highest BCUT2D eigenvalue weighted by Gasteiger charge is 2.23. The Hall–Kier alpha value is -0.980. The lowest BCUT2D eigenvalue weighted by Gasteiger charge is -2.13. The van der Waals surface area contributed by atoms with E-state index in [0.29, 0.717) is 18.0 Å². The van der Waals surface area contributed by atoms with Crippen LogP contribution in [0, 0.1) is 18.7 Å². The van der Waals surface area contributed by atoms with Crippen LogP contribution in [0.1, 0.15) is 12.0 Å². The molecule has 1 aliphatic heterocycles. The minimum absolute atomic E-state index is 0.153. The van der Waals surface area contributed by atoms with Crippen molar-refractivity contribution in [1.82, 2.24) is 9.62 Å². The molecule has 2 rings (SSSR count). The first-order valence-corrected chi connectivity index (χ1v) is 7.81. The van der Waals surface area contributed by atoms with E-state index in [0.717, 1.165) is 19.5 Å². The molecule has 1 atom stereocenters. The van der Waals surface area contributed by atoms with Gasteiger partial charge in [0.1, 0.15) is 5.82 Å². The molecule has 106 valence electrons. The first kappa shape index (κ1) is 14.4. The molecule has 0 amide bonds. The van der Waals surface area contributed by atoms with Crippen LogP contribution in [0.5, 0.6) is 0 Å². The molecule has 0 aliphatic carbocycles. The second-order valence-electron chi connectivity index (χ2n) is 5.18. The minimum Gasteiger partial charge on any atom is -0.306 e. The number of halogens is 1. The highest BCUT2D eigenvalue weighted by Crippen LogP contribution is 2.18. The highest BCUT2D eigenvalue weighted by atomic mass is 32.2. The van der Waals surface area contributed by atoms with E-state index in [9.17, 15) is 12.8 Å². The SMILES string of the molecule is Cc1cc(F)ccc1S(=O)(=O)NCC1CCN(C)C1. The molecule has 1 heterocycles. The second-order valence-corrected chi connectivity index (χ2v) is 6.91. The molecule has 1 fully saturated rings. The molecular formula is C13H19FN2O2S. The summed E-state index contributed by atoms with van der Waals surface area (Å²) in [7, 11) is -1.52. The van der Waals surface area contributed by atoms with Crippen LogP contribution in [0.15, 0.2) is 23.1 Å². The van der Waals surface area contributed by atoms with Crippen molar-refractivity contribution in [2.24, 2.45) is 5.92 Å². The largest absolute Gasteiger partial charge is 0.306 e. The number of aryl methyl sites for hydroxylation is 1. The summed E-state index contributed by atoms with van der Waals surface area (Å²) in [6.45, 7) is 3.94. The Labute approximate surface area is 113 Å². The van der Waals surface area contributed by atoms with Gasteiger partial charge in [0, 0.05) is 13.1 Å². The average molecular weight is 286 g/mol. The van der Waals surface area contributed by atoms with Crippen LogP contribution < -0.4 is 4.72 Å². The number of rotatable bonds is 4. The predicted octanol–water partition coefficient (Wildman–Crippen LogP) is 1.36. The predicted molar refractivity (Wildman–Crippen MR) is 71.9 cm³/mol. The third-order valence-electron chi connectivity index (χ3n) is 3.48. The molecule has 0 aromatic heterocycles. The van der Waals surface area contributed by atoms with E-state index in [2.05, 4.69) is 9.62 Å². The smallest absolute Gasteiger partial charge is 0.240 e. The van der Waals surface area contributed by atoms with Crippen LogP contribution in [-0.2, 0) is 10.0 Å². The first-order valence-electron chi connectivity index (χ1n) is 6.33. The van der Waals surface area contributed by atoms with Gasteiger partial charge in [-0.25, -0.2) is 17.5 Å². The number of hydrogen-bond acceptors (Lipinski definition) is 3. The Morgan fingerprint density at radius 1 is 1.47 bits per heavy atom. The molecule has 0 spiro atoms. The summed E-state index contributed by atoms with van der Waals surface area (Å²) in [5, 5.41) is 0. The lowest BCUT2D eigenvalue weighted by molar-refractivity contribution is 0.394. The fourth-order valence-corrected chi connectivity index (χ4v) is 3.75. The third kappa shape index (κ3) is 3.52. The molecular weight excluding hydrogens is 267 g/mol. The van der Waals surface area contributed by atoms with Crippen molar-refractivity contribution in [3.8, 4) is 0 Å². The van der Waals surface area contributed by atoms with Crippen molar-refractivity contribution >= 4 is 10.0 Å². The van der Waals surface area contributed by atoms with Gasteiger partial charge in [-0.2, -0.15) is 0 Å². The van der Waals surface area contributed by atoms with Gasteiger partial charge in [0.2, 0.25) is 10.0 Å². The van der Waals surface area contributed by atoms with Gasteiger partial charge in [-0.05, 0) is 56.6 Å². The van der Waals surface area contributed by atoms with Gasteiger partial charge >= 0.3 is 0 Å². The maximum atomic E-state index is 13.0. The Bertz CT molecular complexity index is 560. The van der Waals surface area contributed by atoms with Gasteiger partial charge in [0.25, 0.3) is 0 Å². The van der Waals surface area contributed by atoms with Gasteiger partial charge < -0.3 is 4.90 Å². The highest BCUT2D eigenvalue weighted by molar-refractivity contribution is 7.89. The van der Waals surface area contributed by atoms with Gasteiger partial charge in [0.15, 0.2) is 0 Å². The van der Waals surface area contributed by atoms with Crippen molar-refractivity contribution in [3.05, 3.63) is 29.6 Å². The molecule has 1 aliphatic rings. The fourth-order valence-electron chi connectivity index (χ4n) is 2.41. The summed E-state index contributed by atoms with van der Waals surface area (Å²) in [5.74, 6) is -0.0746. The first-order chi connectivity index (χ1) is 8.88. The van der Waals surface area contributed by atoms with E-state index in [1.54, 1.807) is 6.92 Å². The Balaban J connectivity index is 2.06. The Morgan fingerprint density at radius 3 is 2.79 bits per heavy atom. The van der Waals surface area contributed by atoms with Crippen molar-refractivity contribution < 1.29 is 12.8 Å². The van der Waals surface area contributed by atoms with Crippen LogP contribution in [0.25, 0.3) is 0 Å². The zero-order valence-electron chi connectivity index (χ0n) is 11.2. The van der Waals surface area contributed by atoms with Gasteiger partial charge in [-0.15, -0.1) is 0 Å². The lowest BCUT2D eigenvalue weighted by Crippen LogP contribution is -2.31. The molecule has 4 nitrogen and oxygen atoms in total. The molecule has 19 heavy (non-hydrogen) atoms. The van der Waals surface area contributed by atoms with Gasteiger partial charge in [0.05, 0.1) is 4.90 Å². The zero-order valence-corrected chi connectivity index (χ0v) is 12.0. The molecule has 0 saturated carbocycles. The number of hydrogen-bond donors (Lipinski definition) is 1. The van der Waals surface area contributed by atoms with Gasteiger partial charge in [-0.3, -0.25) is 0 Å². The summed E-state index contributed by atoms with van der Waals surface area (Å²) in [4.78, 5) is 2.34. The normalized spacial score (nSPS) is 20.9. The van der Waals surface area contributed by atoms with E-state index in [4.69, 9.17) is 0 Å². The molecule has 6 heteroatoms. The maximum Gasteiger partial charge on any atom is 0.240 e. The number of benzene rings is 1. The summed E-state index contributed by atoms with van der Waals surface area (Å²) >= 11 is 0. The quantitative estimate of drug-likeness (QED) is 0.909. The van der Waals surface area contributed by atoms with Crippen molar-refractivity contribution in [3.63, 3.8) is 0 Å². The maximum absolute atomic E-state index is 13.0. The number of nitrogens with one attached hydrogen (secondary N) is 1. The summed E-state index contributed by atoms with van der Waals surface area (Å²) < 4.78 is 39.9. The number of nitrogens with zero attached hydrogens (tertiary/aromatic N) is 1. The van der Waals surface area contributed by atoms with E-state index in [1.807, 2.05) is 7.05 Å². The molecule has 1 aromatic rings. The van der Waals surface area contributed by atoms with Crippen LogP contribution in [-0.4, -0.2) is 40.0 Å². The zero-order chi connectivity index (χ0) is 14.0. The monoisotopic (exact) mass is 286 g/mol. The summed E-state index contributed by atoms with van der Waals surface area (Å²) in [6, 6.07) is 3.72. The summed E-state index contributed by atoms with van der Waals surface area (Å²) in [5.41, 5.74) is 0.427. The van der Waals surface area contributed by atoms with Crippen molar-refractivity contribution in [2.45, 2.75) is 18.2 Å². The lowest BCUT2D eigenvalue weighted by atomic mass is 10.1. The van der Waals surface area contributed by atoms with E-state index >= 15 is 0 Å². The summed E-state index contributed by atoms with van der Waals surface area (Å²) in [6.07, 6.45) is 1.00. The second kappa shape index (κ2) is 5.56. The van der Waals surface area contributed by atoms with Crippen LogP contribution in [0.2, 0.25) is 0 Å². The average Bonchev–Trinajstić information content (AvgIpc) is 2.72. The minimum atomic E-state index is -3.55. The van der Waals surface area contributed by atoms with Gasteiger partial charge in [-0.1, -0.05) is 0 Å². The van der Waals surface area contributed by atoms with Crippen molar-refractivity contribution in [1.29, 1.82) is 0 Å². The molecule has 1 N–H and O–H groups in total. The Kier molecular flexibility index (Phi) is 4.23. The third-order valence-corrected chi connectivity index (χ3v) is 5.06. The van der Waals surface area contributed by atoms with E-state index < -0.39 is 15.8 Å². The van der Waals surface area contributed by atoms with Crippen LogP contribution in [0.3, 0.4) is 0 Å².